The zero-order valence-electron chi connectivity index (χ0n) is 14.9. The van der Waals surface area contributed by atoms with Crippen LogP contribution in [0.5, 0.6) is 5.75 Å². The van der Waals surface area contributed by atoms with Gasteiger partial charge in [0.05, 0.1) is 0 Å². The Balaban J connectivity index is 1.65. The molecule has 0 spiro atoms. The third-order valence-corrected chi connectivity index (χ3v) is 4.33. The molecule has 0 aromatic heterocycles. The summed E-state index contributed by atoms with van der Waals surface area (Å²) in [4.78, 5) is 2.32. The Kier molecular flexibility index (Phi) is 5.73. The van der Waals surface area contributed by atoms with E-state index in [0.29, 0.717) is 6.61 Å². The highest BCUT2D eigenvalue weighted by atomic mass is 16.5. The molecule has 2 nitrogen and oxygen atoms in total. The average molecular weight is 330 g/mol. The molecule has 0 unspecified atom stereocenters. The molecule has 0 aliphatic carbocycles. The Morgan fingerprint density at radius 2 is 1.68 bits per heavy atom. The van der Waals surface area contributed by atoms with Crippen molar-refractivity contribution < 1.29 is 4.74 Å². The molecule has 1 radical (unpaired) electrons. The van der Waals surface area contributed by atoms with Crippen molar-refractivity contribution in [1.82, 2.24) is 0 Å². The SMILES string of the molecule is CCN(CC)c1cccc(OCc2ccc(-c3[c]cccc3)cc2)c1. The second-order valence-electron chi connectivity index (χ2n) is 5.93. The third-order valence-electron chi connectivity index (χ3n) is 4.33. The highest BCUT2D eigenvalue weighted by molar-refractivity contribution is 5.62. The van der Waals surface area contributed by atoms with Crippen molar-refractivity contribution in [2.24, 2.45) is 0 Å². The maximum absolute atomic E-state index is 5.98. The van der Waals surface area contributed by atoms with Crippen molar-refractivity contribution in [3.05, 3.63) is 84.4 Å². The van der Waals surface area contributed by atoms with Crippen molar-refractivity contribution >= 4 is 5.69 Å². The molecule has 0 aliphatic rings. The van der Waals surface area contributed by atoms with Gasteiger partial charge in [0.2, 0.25) is 0 Å². The van der Waals surface area contributed by atoms with Crippen LogP contribution in [0.4, 0.5) is 5.69 Å². The highest BCUT2D eigenvalue weighted by Gasteiger charge is 2.04. The smallest absolute Gasteiger partial charge is 0.121 e. The van der Waals surface area contributed by atoms with E-state index in [4.69, 9.17) is 4.74 Å². The van der Waals surface area contributed by atoms with E-state index in [2.05, 4.69) is 73.3 Å². The summed E-state index contributed by atoms with van der Waals surface area (Å²) in [6, 6.07) is 28.1. The zero-order valence-corrected chi connectivity index (χ0v) is 14.9. The van der Waals surface area contributed by atoms with Crippen molar-refractivity contribution in [2.45, 2.75) is 20.5 Å². The van der Waals surface area contributed by atoms with Gasteiger partial charge in [0.25, 0.3) is 0 Å². The molecule has 0 heterocycles. The molecule has 0 aliphatic heterocycles. The van der Waals surface area contributed by atoms with Crippen LogP contribution in [0.3, 0.4) is 0 Å². The van der Waals surface area contributed by atoms with Gasteiger partial charge in [-0.05, 0) is 48.7 Å². The fourth-order valence-corrected chi connectivity index (χ4v) is 2.88. The summed E-state index contributed by atoms with van der Waals surface area (Å²) in [5.41, 5.74) is 4.65. The van der Waals surface area contributed by atoms with Crippen LogP contribution in [-0.2, 0) is 6.61 Å². The van der Waals surface area contributed by atoms with E-state index in [9.17, 15) is 0 Å². The summed E-state index contributed by atoms with van der Waals surface area (Å²) in [5.74, 6) is 0.907. The number of hydrogen-bond acceptors (Lipinski definition) is 2. The predicted octanol–water partition coefficient (Wildman–Crippen LogP) is 5.58. The second kappa shape index (κ2) is 8.39. The minimum absolute atomic E-state index is 0.570. The first kappa shape index (κ1) is 17.1. The third kappa shape index (κ3) is 4.42. The standard InChI is InChI=1S/C23H24NO/c1-3-24(4-2)22-11-8-12-23(17-22)25-18-19-13-15-21(16-14-19)20-9-6-5-7-10-20/h5-9,11-17H,3-4,18H2,1-2H3. The lowest BCUT2D eigenvalue weighted by atomic mass is 10.0. The van der Waals surface area contributed by atoms with Crippen molar-refractivity contribution in [2.75, 3.05) is 18.0 Å². The quantitative estimate of drug-likeness (QED) is 0.561. The van der Waals surface area contributed by atoms with Gasteiger partial charge in [0, 0.05) is 24.8 Å². The van der Waals surface area contributed by atoms with Crippen LogP contribution < -0.4 is 9.64 Å². The van der Waals surface area contributed by atoms with Gasteiger partial charge in [-0.25, -0.2) is 0 Å². The lowest BCUT2D eigenvalue weighted by Crippen LogP contribution is -2.21. The van der Waals surface area contributed by atoms with Crippen LogP contribution in [-0.4, -0.2) is 13.1 Å². The molecule has 0 atom stereocenters. The number of hydrogen-bond donors (Lipinski definition) is 0. The van der Waals surface area contributed by atoms with E-state index in [1.165, 1.54) is 11.3 Å². The number of benzene rings is 3. The van der Waals surface area contributed by atoms with E-state index in [-0.39, 0.29) is 0 Å². The highest BCUT2D eigenvalue weighted by Crippen LogP contribution is 2.23. The van der Waals surface area contributed by atoms with Gasteiger partial charge in [-0.2, -0.15) is 0 Å². The maximum Gasteiger partial charge on any atom is 0.121 e. The molecule has 0 N–H and O–H groups in total. The topological polar surface area (TPSA) is 12.5 Å². The second-order valence-corrected chi connectivity index (χ2v) is 5.93. The Hall–Kier alpha value is -2.74. The first-order chi connectivity index (χ1) is 12.3. The van der Waals surface area contributed by atoms with E-state index < -0.39 is 0 Å². The monoisotopic (exact) mass is 330 g/mol. The normalized spacial score (nSPS) is 10.5. The Bertz CT molecular complexity index is 777. The van der Waals surface area contributed by atoms with Crippen LogP contribution in [0.2, 0.25) is 0 Å². The Morgan fingerprint density at radius 3 is 2.36 bits per heavy atom. The van der Waals surface area contributed by atoms with Gasteiger partial charge >= 0.3 is 0 Å². The molecule has 25 heavy (non-hydrogen) atoms. The van der Waals surface area contributed by atoms with Crippen LogP contribution in [0.15, 0.2) is 72.8 Å². The maximum atomic E-state index is 5.98. The molecule has 0 fully saturated rings. The minimum Gasteiger partial charge on any atom is -0.489 e. The fourth-order valence-electron chi connectivity index (χ4n) is 2.88. The van der Waals surface area contributed by atoms with E-state index in [1.54, 1.807) is 0 Å². The minimum atomic E-state index is 0.570. The van der Waals surface area contributed by atoms with Gasteiger partial charge in [0.15, 0.2) is 0 Å². The van der Waals surface area contributed by atoms with Crippen molar-refractivity contribution in [3.8, 4) is 16.9 Å². The van der Waals surface area contributed by atoms with Crippen molar-refractivity contribution in [1.29, 1.82) is 0 Å². The zero-order chi connectivity index (χ0) is 17.5. The molecule has 0 saturated carbocycles. The summed E-state index contributed by atoms with van der Waals surface area (Å²) in [6.07, 6.45) is 0. The lowest BCUT2D eigenvalue weighted by molar-refractivity contribution is 0.306. The van der Waals surface area contributed by atoms with Crippen molar-refractivity contribution in [3.63, 3.8) is 0 Å². The van der Waals surface area contributed by atoms with Crippen LogP contribution in [0.25, 0.3) is 11.1 Å². The van der Waals surface area contributed by atoms with Gasteiger partial charge < -0.3 is 9.64 Å². The van der Waals surface area contributed by atoms with E-state index in [1.807, 2.05) is 24.3 Å². The molecule has 127 valence electrons. The van der Waals surface area contributed by atoms with E-state index >= 15 is 0 Å². The molecule has 0 amide bonds. The molecular weight excluding hydrogens is 306 g/mol. The molecule has 3 aromatic carbocycles. The molecular formula is C23H24NO. The average Bonchev–Trinajstić information content (AvgIpc) is 2.69. The summed E-state index contributed by atoms with van der Waals surface area (Å²) in [6.45, 7) is 6.90. The number of ether oxygens (including phenoxy) is 1. The predicted molar refractivity (Wildman–Crippen MR) is 105 cm³/mol. The van der Waals surface area contributed by atoms with Gasteiger partial charge in [-0.3, -0.25) is 0 Å². The van der Waals surface area contributed by atoms with Crippen LogP contribution >= 0.6 is 0 Å². The fraction of sp³-hybridized carbons (Fsp3) is 0.217. The van der Waals surface area contributed by atoms with Gasteiger partial charge in [-0.15, -0.1) is 0 Å². The largest absolute Gasteiger partial charge is 0.489 e. The molecule has 3 aromatic rings. The molecule has 0 bridgehead atoms. The molecule has 2 heteroatoms. The number of anilines is 1. The number of nitrogens with zero attached hydrogens (tertiary/aromatic N) is 1. The summed E-state index contributed by atoms with van der Waals surface area (Å²) in [7, 11) is 0. The first-order valence-electron chi connectivity index (χ1n) is 8.84. The molecule has 3 rings (SSSR count). The van der Waals surface area contributed by atoms with E-state index in [0.717, 1.165) is 30.0 Å². The lowest BCUT2D eigenvalue weighted by Gasteiger charge is -2.21. The van der Waals surface area contributed by atoms with Gasteiger partial charge in [0.1, 0.15) is 12.4 Å². The van der Waals surface area contributed by atoms with Gasteiger partial charge in [-0.1, -0.05) is 54.6 Å². The summed E-state index contributed by atoms with van der Waals surface area (Å²) < 4.78 is 5.98. The Morgan fingerprint density at radius 1 is 0.880 bits per heavy atom. The Labute approximate surface area is 150 Å². The summed E-state index contributed by atoms with van der Waals surface area (Å²) in [5, 5.41) is 0. The number of rotatable bonds is 7. The summed E-state index contributed by atoms with van der Waals surface area (Å²) >= 11 is 0. The molecule has 0 saturated heterocycles. The van der Waals surface area contributed by atoms with Crippen LogP contribution in [0, 0.1) is 6.07 Å². The first-order valence-corrected chi connectivity index (χ1v) is 8.84. The van der Waals surface area contributed by atoms with Crippen LogP contribution in [0.1, 0.15) is 19.4 Å².